The number of benzene rings is 1. The van der Waals surface area contributed by atoms with Crippen LogP contribution in [0.4, 0.5) is 17.6 Å². The molecule has 2 rings (SSSR count). The third kappa shape index (κ3) is 4.20. The Morgan fingerprint density at radius 2 is 2.05 bits per heavy atom. The maximum Gasteiger partial charge on any atom is 0.419 e. The molecule has 1 fully saturated rings. The summed E-state index contributed by atoms with van der Waals surface area (Å²) in [6.45, 7) is 6.52. The zero-order valence-corrected chi connectivity index (χ0v) is 12.9. The van der Waals surface area contributed by atoms with Crippen LogP contribution in [-0.4, -0.2) is 30.6 Å². The van der Waals surface area contributed by atoms with E-state index < -0.39 is 17.6 Å². The Labute approximate surface area is 128 Å². The molecular formula is C16H22F4N2. The average molecular weight is 318 g/mol. The number of hydrogen-bond acceptors (Lipinski definition) is 2. The Balaban J connectivity index is 2.27. The van der Waals surface area contributed by atoms with Crippen LogP contribution in [0.25, 0.3) is 0 Å². The van der Waals surface area contributed by atoms with Crippen molar-refractivity contribution in [1.29, 1.82) is 0 Å². The van der Waals surface area contributed by atoms with E-state index in [2.05, 4.69) is 5.32 Å². The van der Waals surface area contributed by atoms with Crippen LogP contribution in [-0.2, 0) is 12.7 Å². The van der Waals surface area contributed by atoms with E-state index in [1.54, 1.807) is 0 Å². The van der Waals surface area contributed by atoms with Crippen molar-refractivity contribution in [2.45, 2.75) is 39.0 Å². The second-order valence-corrected chi connectivity index (χ2v) is 6.24. The number of rotatable bonds is 5. The highest BCUT2D eigenvalue weighted by atomic mass is 19.4. The second kappa shape index (κ2) is 6.96. The Hall–Kier alpha value is -1.14. The van der Waals surface area contributed by atoms with Crippen LogP contribution in [0.15, 0.2) is 18.2 Å². The van der Waals surface area contributed by atoms with Gasteiger partial charge in [0.2, 0.25) is 0 Å². The summed E-state index contributed by atoms with van der Waals surface area (Å²) in [5, 5.41) is 3.23. The standard InChI is InChI=1S/C16H22F4N2/c1-11(2)9-22(13-6-7-21-8-13)10-12-4-3-5-14(17)15(12)16(18,19)20/h3-5,11,13,21H,6-10H2,1-2H3/t13-/m0/s1. The summed E-state index contributed by atoms with van der Waals surface area (Å²) in [6, 6.07) is 3.80. The molecule has 1 saturated heterocycles. The monoisotopic (exact) mass is 318 g/mol. The fourth-order valence-electron chi connectivity index (χ4n) is 3.00. The highest BCUT2D eigenvalue weighted by Crippen LogP contribution is 2.35. The molecule has 0 radical (unpaired) electrons. The Morgan fingerprint density at radius 1 is 1.32 bits per heavy atom. The molecule has 1 heterocycles. The predicted octanol–water partition coefficient (Wildman–Crippen LogP) is 3.66. The average Bonchev–Trinajstić information content (AvgIpc) is 2.89. The summed E-state index contributed by atoms with van der Waals surface area (Å²) in [5.41, 5.74) is -1.12. The molecule has 2 nitrogen and oxygen atoms in total. The first kappa shape index (κ1) is 17.2. The molecule has 0 unspecified atom stereocenters. The van der Waals surface area contributed by atoms with Gasteiger partial charge in [0.05, 0.1) is 5.56 Å². The molecule has 124 valence electrons. The summed E-state index contributed by atoms with van der Waals surface area (Å²) in [7, 11) is 0. The molecule has 0 aromatic heterocycles. The minimum absolute atomic E-state index is 0.0139. The van der Waals surface area contributed by atoms with E-state index in [0.29, 0.717) is 12.5 Å². The predicted molar refractivity (Wildman–Crippen MR) is 77.9 cm³/mol. The van der Waals surface area contributed by atoms with Crippen molar-refractivity contribution in [1.82, 2.24) is 10.2 Å². The number of alkyl halides is 3. The smallest absolute Gasteiger partial charge is 0.315 e. The molecule has 1 aliphatic rings. The van der Waals surface area contributed by atoms with Crippen LogP contribution in [0.1, 0.15) is 31.4 Å². The lowest BCUT2D eigenvalue weighted by Crippen LogP contribution is -2.39. The zero-order valence-electron chi connectivity index (χ0n) is 12.9. The summed E-state index contributed by atoms with van der Waals surface area (Å²) < 4.78 is 53.1. The van der Waals surface area contributed by atoms with E-state index in [4.69, 9.17) is 0 Å². The Kier molecular flexibility index (Phi) is 5.45. The zero-order chi connectivity index (χ0) is 16.3. The lowest BCUT2D eigenvalue weighted by atomic mass is 10.0. The summed E-state index contributed by atoms with van der Waals surface area (Å²) in [4.78, 5) is 2.04. The fourth-order valence-corrected chi connectivity index (χ4v) is 3.00. The van der Waals surface area contributed by atoms with Crippen molar-refractivity contribution >= 4 is 0 Å². The van der Waals surface area contributed by atoms with Crippen molar-refractivity contribution in [3.63, 3.8) is 0 Å². The van der Waals surface area contributed by atoms with E-state index in [-0.39, 0.29) is 18.2 Å². The first-order valence-corrected chi connectivity index (χ1v) is 7.58. The van der Waals surface area contributed by atoms with E-state index in [9.17, 15) is 17.6 Å². The molecule has 1 aromatic rings. The second-order valence-electron chi connectivity index (χ2n) is 6.24. The molecule has 0 aliphatic carbocycles. The summed E-state index contributed by atoms with van der Waals surface area (Å²) in [5.74, 6) is -0.859. The molecule has 1 aromatic carbocycles. The van der Waals surface area contributed by atoms with Gasteiger partial charge >= 0.3 is 6.18 Å². The first-order chi connectivity index (χ1) is 10.3. The lowest BCUT2D eigenvalue weighted by molar-refractivity contribution is -0.140. The van der Waals surface area contributed by atoms with Crippen molar-refractivity contribution in [3.8, 4) is 0 Å². The highest BCUT2D eigenvalue weighted by Gasteiger charge is 2.37. The molecule has 0 bridgehead atoms. The van der Waals surface area contributed by atoms with Gasteiger partial charge in [0.15, 0.2) is 0 Å². The van der Waals surface area contributed by atoms with Gasteiger partial charge in [-0.2, -0.15) is 13.2 Å². The van der Waals surface area contributed by atoms with E-state index in [0.717, 1.165) is 25.6 Å². The van der Waals surface area contributed by atoms with Gasteiger partial charge < -0.3 is 5.32 Å². The van der Waals surface area contributed by atoms with Gasteiger partial charge in [0.25, 0.3) is 0 Å². The molecule has 6 heteroatoms. The maximum atomic E-state index is 13.7. The van der Waals surface area contributed by atoms with Gasteiger partial charge in [-0.25, -0.2) is 4.39 Å². The minimum atomic E-state index is -4.67. The molecule has 0 spiro atoms. The van der Waals surface area contributed by atoms with Crippen molar-refractivity contribution in [2.24, 2.45) is 5.92 Å². The first-order valence-electron chi connectivity index (χ1n) is 7.58. The molecule has 1 atom stereocenters. The van der Waals surface area contributed by atoms with Gasteiger partial charge in [-0.1, -0.05) is 26.0 Å². The van der Waals surface area contributed by atoms with Crippen molar-refractivity contribution in [3.05, 3.63) is 35.1 Å². The Morgan fingerprint density at radius 3 is 2.59 bits per heavy atom. The maximum absolute atomic E-state index is 13.7. The highest BCUT2D eigenvalue weighted by molar-refractivity contribution is 5.31. The molecule has 1 aliphatic heterocycles. The quantitative estimate of drug-likeness (QED) is 0.834. The van der Waals surface area contributed by atoms with Crippen molar-refractivity contribution < 1.29 is 17.6 Å². The summed E-state index contributed by atoms with van der Waals surface area (Å²) in [6.07, 6.45) is -3.76. The van der Waals surface area contributed by atoms with Crippen LogP contribution in [0.5, 0.6) is 0 Å². The van der Waals surface area contributed by atoms with E-state index in [1.165, 1.54) is 12.1 Å². The number of hydrogen-bond donors (Lipinski definition) is 1. The Bertz CT molecular complexity index is 493. The minimum Gasteiger partial charge on any atom is -0.315 e. The van der Waals surface area contributed by atoms with E-state index >= 15 is 0 Å². The topological polar surface area (TPSA) is 15.3 Å². The SMILES string of the molecule is CC(C)CN(Cc1cccc(F)c1C(F)(F)F)[C@H]1CCNC1. The third-order valence-corrected chi connectivity index (χ3v) is 3.91. The van der Waals surface area contributed by atoms with Gasteiger partial charge in [-0.05, 0) is 30.5 Å². The molecule has 0 saturated carbocycles. The normalized spacial score (nSPS) is 19.4. The number of nitrogens with one attached hydrogen (secondary N) is 1. The number of halogens is 4. The largest absolute Gasteiger partial charge is 0.419 e. The molecular weight excluding hydrogens is 296 g/mol. The molecule has 0 amide bonds. The van der Waals surface area contributed by atoms with Crippen molar-refractivity contribution in [2.75, 3.05) is 19.6 Å². The van der Waals surface area contributed by atoms with Gasteiger partial charge in [0, 0.05) is 25.7 Å². The van der Waals surface area contributed by atoms with Gasteiger partial charge in [-0.3, -0.25) is 4.90 Å². The van der Waals surface area contributed by atoms with Crippen LogP contribution in [0.3, 0.4) is 0 Å². The van der Waals surface area contributed by atoms with E-state index in [1.807, 2.05) is 18.7 Å². The van der Waals surface area contributed by atoms with Crippen LogP contribution in [0.2, 0.25) is 0 Å². The van der Waals surface area contributed by atoms with Gasteiger partial charge in [0.1, 0.15) is 5.82 Å². The van der Waals surface area contributed by atoms with Crippen LogP contribution < -0.4 is 5.32 Å². The number of nitrogens with zero attached hydrogens (tertiary/aromatic N) is 1. The van der Waals surface area contributed by atoms with Crippen LogP contribution in [0, 0.1) is 11.7 Å². The van der Waals surface area contributed by atoms with Crippen LogP contribution >= 0.6 is 0 Å². The summed E-state index contributed by atoms with van der Waals surface area (Å²) >= 11 is 0. The molecule has 22 heavy (non-hydrogen) atoms. The third-order valence-electron chi connectivity index (χ3n) is 3.91. The fraction of sp³-hybridized carbons (Fsp3) is 0.625. The molecule has 1 N–H and O–H groups in total. The lowest BCUT2D eigenvalue weighted by Gasteiger charge is -2.31. The van der Waals surface area contributed by atoms with Gasteiger partial charge in [-0.15, -0.1) is 0 Å².